The lowest BCUT2D eigenvalue weighted by atomic mass is 9.94. The van der Waals surface area contributed by atoms with Crippen molar-refractivity contribution in [2.24, 2.45) is 5.92 Å². The van der Waals surface area contributed by atoms with Crippen LogP contribution in [0.3, 0.4) is 0 Å². The molecule has 1 atom stereocenters. The third-order valence-corrected chi connectivity index (χ3v) is 4.69. The van der Waals surface area contributed by atoms with Crippen LogP contribution in [-0.2, 0) is 6.42 Å². The van der Waals surface area contributed by atoms with E-state index in [2.05, 4.69) is 55.3 Å². The molecule has 5 nitrogen and oxygen atoms in total. The van der Waals surface area contributed by atoms with E-state index in [1.807, 2.05) is 0 Å². The van der Waals surface area contributed by atoms with Crippen molar-refractivity contribution in [2.45, 2.75) is 39.7 Å². The monoisotopic (exact) mass is 363 g/mol. The van der Waals surface area contributed by atoms with Crippen LogP contribution in [0.15, 0.2) is 59.7 Å². The number of amides is 1. The van der Waals surface area contributed by atoms with Gasteiger partial charge >= 0.3 is 0 Å². The molecule has 0 radical (unpaired) electrons. The molecule has 0 saturated carbocycles. The van der Waals surface area contributed by atoms with Gasteiger partial charge in [-0.05, 0) is 35.6 Å². The fourth-order valence-corrected chi connectivity index (χ4v) is 3.22. The van der Waals surface area contributed by atoms with Crippen LogP contribution in [-0.4, -0.2) is 15.3 Å². The Bertz CT molecular complexity index is 990. The van der Waals surface area contributed by atoms with Gasteiger partial charge in [0, 0.05) is 12.4 Å². The van der Waals surface area contributed by atoms with Crippen molar-refractivity contribution >= 4 is 11.6 Å². The van der Waals surface area contributed by atoms with Crippen LogP contribution >= 0.6 is 0 Å². The molecule has 0 unspecified atom stereocenters. The molecular weight excluding hydrogens is 338 g/mol. The Kier molecular flexibility index (Phi) is 5.69. The summed E-state index contributed by atoms with van der Waals surface area (Å²) in [5.41, 5.74) is 2.52. The van der Waals surface area contributed by atoms with Gasteiger partial charge in [0.2, 0.25) is 0 Å². The number of aryl methyl sites for hydroxylation is 1. The Morgan fingerprint density at radius 3 is 2.56 bits per heavy atom. The highest BCUT2D eigenvalue weighted by Crippen LogP contribution is 2.22. The van der Waals surface area contributed by atoms with E-state index >= 15 is 0 Å². The van der Waals surface area contributed by atoms with Crippen LogP contribution in [0.25, 0.3) is 5.65 Å². The van der Waals surface area contributed by atoms with E-state index < -0.39 is 5.91 Å². The molecule has 0 aliphatic carbocycles. The van der Waals surface area contributed by atoms with Gasteiger partial charge in [0.05, 0.1) is 6.04 Å². The van der Waals surface area contributed by atoms with Gasteiger partial charge in [-0.3, -0.25) is 14.0 Å². The molecule has 27 heavy (non-hydrogen) atoms. The second kappa shape index (κ2) is 8.16. The minimum absolute atomic E-state index is 0.0481. The molecule has 3 aromatic rings. The van der Waals surface area contributed by atoms with Gasteiger partial charge in [0.1, 0.15) is 11.2 Å². The molecule has 1 aromatic carbocycles. The second-order valence-electron chi connectivity index (χ2n) is 7.09. The van der Waals surface area contributed by atoms with Crippen molar-refractivity contribution in [3.63, 3.8) is 0 Å². The molecule has 140 valence electrons. The highest BCUT2D eigenvalue weighted by molar-refractivity contribution is 5.94. The number of nitrogens with one attached hydrogen (secondary N) is 1. The van der Waals surface area contributed by atoms with Gasteiger partial charge in [-0.15, -0.1) is 0 Å². The van der Waals surface area contributed by atoms with Crippen molar-refractivity contribution in [2.75, 3.05) is 0 Å². The zero-order chi connectivity index (χ0) is 19.4. The average molecular weight is 363 g/mol. The molecule has 0 aliphatic rings. The quantitative estimate of drug-likeness (QED) is 0.725. The van der Waals surface area contributed by atoms with E-state index in [9.17, 15) is 9.59 Å². The van der Waals surface area contributed by atoms with Gasteiger partial charge in [-0.1, -0.05) is 57.5 Å². The van der Waals surface area contributed by atoms with E-state index in [0.717, 1.165) is 18.4 Å². The maximum Gasteiger partial charge on any atom is 0.270 e. The minimum atomic E-state index is -0.401. The highest BCUT2D eigenvalue weighted by atomic mass is 16.2. The zero-order valence-electron chi connectivity index (χ0n) is 16.0. The molecule has 0 bridgehead atoms. The van der Waals surface area contributed by atoms with Crippen molar-refractivity contribution in [1.29, 1.82) is 0 Å². The van der Waals surface area contributed by atoms with Crippen LogP contribution in [0.2, 0.25) is 0 Å². The molecule has 5 heteroatoms. The lowest BCUT2D eigenvalue weighted by Crippen LogP contribution is -2.36. The Balaban J connectivity index is 1.87. The third-order valence-electron chi connectivity index (χ3n) is 4.69. The lowest BCUT2D eigenvalue weighted by molar-refractivity contribution is 0.0923. The van der Waals surface area contributed by atoms with Gasteiger partial charge in [-0.25, -0.2) is 4.98 Å². The number of hydrogen-bond donors (Lipinski definition) is 1. The van der Waals surface area contributed by atoms with E-state index in [-0.39, 0.29) is 23.1 Å². The Hall–Kier alpha value is -2.95. The predicted molar refractivity (Wildman–Crippen MR) is 107 cm³/mol. The predicted octanol–water partition coefficient (Wildman–Crippen LogP) is 3.77. The van der Waals surface area contributed by atoms with E-state index in [4.69, 9.17) is 0 Å². The van der Waals surface area contributed by atoms with Crippen LogP contribution in [0.1, 0.15) is 54.7 Å². The molecular formula is C22H25N3O2. The molecule has 3 rings (SSSR count). The summed E-state index contributed by atoms with van der Waals surface area (Å²) in [4.78, 5) is 29.7. The SMILES string of the molecule is CCCc1ccc([C@@H](NC(=O)c2cnc3ccccn3c2=O)C(C)C)cc1. The summed E-state index contributed by atoms with van der Waals surface area (Å²) >= 11 is 0. The molecule has 2 heterocycles. The number of aromatic nitrogens is 2. The van der Waals surface area contributed by atoms with Crippen LogP contribution in [0, 0.1) is 5.92 Å². The molecule has 0 aliphatic heterocycles. The highest BCUT2D eigenvalue weighted by Gasteiger charge is 2.21. The van der Waals surface area contributed by atoms with Gasteiger partial charge in [0.15, 0.2) is 0 Å². The van der Waals surface area contributed by atoms with Gasteiger partial charge in [-0.2, -0.15) is 0 Å². The fourth-order valence-electron chi connectivity index (χ4n) is 3.22. The number of benzene rings is 1. The molecule has 1 N–H and O–H groups in total. The van der Waals surface area contributed by atoms with Crippen molar-refractivity contribution in [1.82, 2.24) is 14.7 Å². The summed E-state index contributed by atoms with van der Waals surface area (Å²) in [6.07, 6.45) is 5.11. The standard InChI is InChI=1S/C22H25N3O2/c1-4-7-16-9-11-17(12-10-16)20(15(2)3)24-21(26)18-14-23-19-8-5-6-13-25(19)22(18)27/h5-6,8-15,20H,4,7H2,1-3H3,(H,24,26)/t20-/m0/s1. The number of carbonyl (C=O) groups is 1. The number of carbonyl (C=O) groups excluding carboxylic acids is 1. The summed E-state index contributed by atoms with van der Waals surface area (Å²) < 4.78 is 1.39. The van der Waals surface area contributed by atoms with Crippen molar-refractivity contribution < 1.29 is 4.79 Å². The number of pyridine rings is 1. The molecule has 0 saturated heterocycles. The lowest BCUT2D eigenvalue weighted by Gasteiger charge is -2.23. The molecule has 0 spiro atoms. The Morgan fingerprint density at radius 2 is 1.89 bits per heavy atom. The van der Waals surface area contributed by atoms with Crippen molar-refractivity contribution in [3.8, 4) is 0 Å². The topological polar surface area (TPSA) is 63.5 Å². The number of fused-ring (bicyclic) bond motifs is 1. The third kappa shape index (κ3) is 4.08. The minimum Gasteiger partial charge on any atom is -0.345 e. The normalized spacial score (nSPS) is 12.3. The van der Waals surface area contributed by atoms with Gasteiger partial charge < -0.3 is 5.32 Å². The summed E-state index contributed by atoms with van der Waals surface area (Å²) in [6.45, 7) is 6.26. The van der Waals surface area contributed by atoms with Gasteiger partial charge in [0.25, 0.3) is 11.5 Å². The first-order valence-corrected chi connectivity index (χ1v) is 9.37. The first kappa shape index (κ1) is 18.8. The molecule has 1 amide bonds. The fraction of sp³-hybridized carbons (Fsp3) is 0.318. The first-order valence-electron chi connectivity index (χ1n) is 9.37. The zero-order valence-corrected chi connectivity index (χ0v) is 16.0. The summed E-state index contributed by atoms with van der Waals surface area (Å²) in [5.74, 6) is -0.218. The van der Waals surface area contributed by atoms with E-state index in [1.54, 1.807) is 24.4 Å². The van der Waals surface area contributed by atoms with Crippen molar-refractivity contribution in [3.05, 3.63) is 81.9 Å². The average Bonchev–Trinajstić information content (AvgIpc) is 2.67. The summed E-state index contributed by atoms with van der Waals surface area (Å²) in [7, 11) is 0. The first-order chi connectivity index (χ1) is 13.0. The Morgan fingerprint density at radius 1 is 1.15 bits per heavy atom. The van der Waals surface area contributed by atoms with Crippen LogP contribution < -0.4 is 10.9 Å². The second-order valence-corrected chi connectivity index (χ2v) is 7.09. The number of nitrogens with zero attached hydrogens (tertiary/aromatic N) is 2. The molecule has 0 fully saturated rings. The largest absolute Gasteiger partial charge is 0.345 e. The van der Waals surface area contributed by atoms with Crippen LogP contribution in [0.5, 0.6) is 0 Å². The van der Waals surface area contributed by atoms with E-state index in [0.29, 0.717) is 5.65 Å². The molecule has 2 aromatic heterocycles. The summed E-state index contributed by atoms with van der Waals surface area (Å²) in [5, 5.41) is 3.01. The number of hydrogen-bond acceptors (Lipinski definition) is 3. The smallest absolute Gasteiger partial charge is 0.270 e. The van der Waals surface area contributed by atoms with E-state index in [1.165, 1.54) is 16.2 Å². The maximum absolute atomic E-state index is 12.8. The number of rotatable bonds is 6. The van der Waals surface area contributed by atoms with Crippen LogP contribution in [0.4, 0.5) is 0 Å². The maximum atomic E-state index is 12.8. The Labute approximate surface area is 159 Å². The summed E-state index contributed by atoms with van der Waals surface area (Å²) in [6, 6.07) is 13.4.